The fraction of sp³-hybridized carbons (Fsp3) is 1.00. The Morgan fingerprint density at radius 3 is 2.64 bits per heavy atom. The normalized spacial score (nSPS) is 27.9. The molecule has 3 heteroatoms. The highest BCUT2D eigenvalue weighted by molar-refractivity contribution is 4.77. The van der Waals surface area contributed by atoms with Crippen LogP contribution in [0, 0.1) is 0 Å². The standard InChI is InChI=1S/C11H23NO2/c13-8-4-2-1-3-5-10-9-11(14)6-7-12-10/h10-14H,1-9H2. The number of nitrogens with one attached hydrogen (secondary N) is 1. The van der Waals surface area contributed by atoms with Gasteiger partial charge in [0.25, 0.3) is 0 Å². The zero-order valence-corrected chi connectivity index (χ0v) is 8.91. The molecule has 0 aromatic carbocycles. The molecule has 2 unspecified atom stereocenters. The molecule has 1 fully saturated rings. The largest absolute Gasteiger partial charge is 0.396 e. The lowest BCUT2D eigenvalue weighted by molar-refractivity contribution is 0.113. The van der Waals surface area contributed by atoms with Gasteiger partial charge in [0.2, 0.25) is 0 Å². The first-order chi connectivity index (χ1) is 6.83. The van der Waals surface area contributed by atoms with E-state index in [1.807, 2.05) is 0 Å². The third kappa shape index (κ3) is 4.94. The Labute approximate surface area is 86.5 Å². The van der Waals surface area contributed by atoms with Gasteiger partial charge in [0.05, 0.1) is 6.10 Å². The van der Waals surface area contributed by atoms with E-state index in [2.05, 4.69) is 5.32 Å². The first-order valence-electron chi connectivity index (χ1n) is 5.85. The Bertz CT molecular complexity index is 141. The second kappa shape index (κ2) is 7.21. The van der Waals surface area contributed by atoms with Crippen molar-refractivity contribution in [3.05, 3.63) is 0 Å². The van der Waals surface area contributed by atoms with Gasteiger partial charge >= 0.3 is 0 Å². The molecule has 14 heavy (non-hydrogen) atoms. The summed E-state index contributed by atoms with van der Waals surface area (Å²) in [6, 6.07) is 0.521. The van der Waals surface area contributed by atoms with Gasteiger partial charge in [-0.25, -0.2) is 0 Å². The van der Waals surface area contributed by atoms with Gasteiger partial charge in [0.1, 0.15) is 0 Å². The molecule has 0 saturated carbocycles. The van der Waals surface area contributed by atoms with Crippen LogP contribution in [0.4, 0.5) is 0 Å². The van der Waals surface area contributed by atoms with E-state index in [4.69, 9.17) is 5.11 Å². The van der Waals surface area contributed by atoms with Crippen molar-refractivity contribution in [1.29, 1.82) is 0 Å². The molecular formula is C11H23NO2. The van der Waals surface area contributed by atoms with Crippen LogP contribution in [0.2, 0.25) is 0 Å². The second-order valence-corrected chi connectivity index (χ2v) is 4.26. The molecular weight excluding hydrogens is 178 g/mol. The van der Waals surface area contributed by atoms with Crippen LogP contribution in [0.5, 0.6) is 0 Å². The summed E-state index contributed by atoms with van der Waals surface area (Å²) >= 11 is 0. The lowest BCUT2D eigenvalue weighted by Gasteiger charge is -2.27. The molecule has 0 aromatic heterocycles. The van der Waals surface area contributed by atoms with E-state index in [0.29, 0.717) is 12.6 Å². The summed E-state index contributed by atoms with van der Waals surface area (Å²) in [5.41, 5.74) is 0. The predicted octanol–water partition coefficient (Wildman–Crippen LogP) is 1.04. The summed E-state index contributed by atoms with van der Waals surface area (Å²) in [5.74, 6) is 0. The maximum absolute atomic E-state index is 9.45. The highest BCUT2D eigenvalue weighted by Gasteiger charge is 2.18. The summed E-state index contributed by atoms with van der Waals surface area (Å²) in [4.78, 5) is 0. The maximum Gasteiger partial charge on any atom is 0.0567 e. The fourth-order valence-corrected chi connectivity index (χ4v) is 2.06. The Hall–Kier alpha value is -0.120. The molecule has 0 aliphatic carbocycles. The zero-order chi connectivity index (χ0) is 10.2. The van der Waals surface area contributed by atoms with Crippen molar-refractivity contribution in [1.82, 2.24) is 5.32 Å². The van der Waals surface area contributed by atoms with Crippen molar-refractivity contribution in [2.24, 2.45) is 0 Å². The van der Waals surface area contributed by atoms with Gasteiger partial charge in [0.15, 0.2) is 0 Å². The number of aliphatic hydroxyl groups is 2. The molecule has 0 spiro atoms. The molecule has 1 rings (SSSR count). The van der Waals surface area contributed by atoms with E-state index >= 15 is 0 Å². The Morgan fingerprint density at radius 1 is 1.14 bits per heavy atom. The quantitative estimate of drug-likeness (QED) is 0.563. The molecule has 0 bridgehead atoms. The SMILES string of the molecule is OCCCCCCC1CC(O)CCN1. The Balaban J connectivity index is 1.95. The molecule has 1 aliphatic heterocycles. The molecule has 0 amide bonds. The van der Waals surface area contributed by atoms with Gasteiger partial charge in [-0.1, -0.05) is 19.3 Å². The molecule has 1 aliphatic rings. The van der Waals surface area contributed by atoms with Crippen molar-refractivity contribution in [2.45, 2.75) is 57.1 Å². The van der Waals surface area contributed by atoms with Crippen LogP contribution in [-0.4, -0.2) is 35.5 Å². The van der Waals surface area contributed by atoms with Crippen LogP contribution in [-0.2, 0) is 0 Å². The summed E-state index contributed by atoms with van der Waals surface area (Å²) in [6.07, 6.45) is 7.38. The van der Waals surface area contributed by atoms with E-state index in [0.717, 1.165) is 32.2 Å². The third-order valence-electron chi connectivity index (χ3n) is 2.93. The van der Waals surface area contributed by atoms with Crippen LogP contribution >= 0.6 is 0 Å². The van der Waals surface area contributed by atoms with Gasteiger partial charge < -0.3 is 15.5 Å². The van der Waals surface area contributed by atoms with Crippen molar-refractivity contribution >= 4 is 0 Å². The highest BCUT2D eigenvalue weighted by Crippen LogP contribution is 2.14. The second-order valence-electron chi connectivity index (χ2n) is 4.26. The number of rotatable bonds is 6. The van der Waals surface area contributed by atoms with Crippen molar-refractivity contribution in [3.8, 4) is 0 Å². The van der Waals surface area contributed by atoms with E-state index in [9.17, 15) is 5.11 Å². The van der Waals surface area contributed by atoms with Gasteiger partial charge in [-0.3, -0.25) is 0 Å². The van der Waals surface area contributed by atoms with E-state index in [1.54, 1.807) is 0 Å². The number of unbranched alkanes of at least 4 members (excludes halogenated alkanes) is 3. The average molecular weight is 201 g/mol. The highest BCUT2D eigenvalue weighted by atomic mass is 16.3. The third-order valence-corrected chi connectivity index (χ3v) is 2.93. The van der Waals surface area contributed by atoms with Gasteiger partial charge in [0, 0.05) is 12.6 Å². The van der Waals surface area contributed by atoms with Gasteiger partial charge in [-0.2, -0.15) is 0 Å². The average Bonchev–Trinajstić information content (AvgIpc) is 2.18. The molecule has 3 nitrogen and oxygen atoms in total. The fourth-order valence-electron chi connectivity index (χ4n) is 2.06. The van der Waals surface area contributed by atoms with E-state index in [1.165, 1.54) is 19.3 Å². The summed E-state index contributed by atoms with van der Waals surface area (Å²) in [5, 5.41) is 21.5. The molecule has 2 atom stereocenters. The predicted molar refractivity (Wildman–Crippen MR) is 57.2 cm³/mol. The first kappa shape index (κ1) is 12.0. The number of aliphatic hydroxyl groups excluding tert-OH is 2. The Morgan fingerprint density at radius 2 is 1.93 bits per heavy atom. The minimum Gasteiger partial charge on any atom is -0.396 e. The summed E-state index contributed by atoms with van der Waals surface area (Å²) < 4.78 is 0. The maximum atomic E-state index is 9.45. The molecule has 0 radical (unpaired) electrons. The molecule has 1 saturated heterocycles. The van der Waals surface area contributed by atoms with Crippen LogP contribution < -0.4 is 5.32 Å². The monoisotopic (exact) mass is 201 g/mol. The van der Waals surface area contributed by atoms with Crippen molar-refractivity contribution in [3.63, 3.8) is 0 Å². The van der Waals surface area contributed by atoms with Crippen LogP contribution in [0.3, 0.4) is 0 Å². The minimum absolute atomic E-state index is 0.0845. The number of hydrogen-bond donors (Lipinski definition) is 3. The zero-order valence-electron chi connectivity index (χ0n) is 8.91. The Kier molecular flexibility index (Phi) is 6.15. The topological polar surface area (TPSA) is 52.5 Å². The van der Waals surface area contributed by atoms with Crippen molar-refractivity contribution in [2.75, 3.05) is 13.2 Å². The van der Waals surface area contributed by atoms with Crippen LogP contribution in [0.1, 0.15) is 44.9 Å². The van der Waals surface area contributed by atoms with Gasteiger partial charge in [-0.05, 0) is 32.2 Å². The molecule has 1 heterocycles. The number of piperidine rings is 1. The van der Waals surface area contributed by atoms with E-state index in [-0.39, 0.29) is 6.10 Å². The smallest absolute Gasteiger partial charge is 0.0567 e. The summed E-state index contributed by atoms with van der Waals surface area (Å²) in [7, 11) is 0. The molecule has 0 aromatic rings. The van der Waals surface area contributed by atoms with Crippen LogP contribution in [0.15, 0.2) is 0 Å². The lowest BCUT2D eigenvalue weighted by Crippen LogP contribution is -2.40. The number of hydrogen-bond acceptors (Lipinski definition) is 3. The first-order valence-corrected chi connectivity index (χ1v) is 5.85. The van der Waals surface area contributed by atoms with Crippen molar-refractivity contribution < 1.29 is 10.2 Å². The molecule has 3 N–H and O–H groups in total. The van der Waals surface area contributed by atoms with E-state index < -0.39 is 0 Å². The van der Waals surface area contributed by atoms with Crippen LogP contribution in [0.25, 0.3) is 0 Å². The van der Waals surface area contributed by atoms with Gasteiger partial charge in [-0.15, -0.1) is 0 Å². The lowest BCUT2D eigenvalue weighted by atomic mass is 9.97. The summed E-state index contributed by atoms with van der Waals surface area (Å²) in [6.45, 7) is 1.28. The minimum atomic E-state index is -0.0845. The molecule has 84 valence electrons.